The second kappa shape index (κ2) is 8.55. The van der Waals surface area contributed by atoms with Gasteiger partial charge in [0.2, 0.25) is 0 Å². The number of methoxy groups -OCH3 is 1. The molecule has 0 aromatic heterocycles. The minimum Gasteiger partial charge on any atom is -0.494 e. The van der Waals surface area contributed by atoms with Crippen molar-refractivity contribution in [3.63, 3.8) is 0 Å². The summed E-state index contributed by atoms with van der Waals surface area (Å²) in [7, 11) is 1.53. The van der Waals surface area contributed by atoms with E-state index < -0.39 is 11.9 Å². The Morgan fingerprint density at radius 1 is 1.00 bits per heavy atom. The Bertz CT molecular complexity index is 1070. The molecule has 0 atom stereocenters. The van der Waals surface area contributed by atoms with Crippen molar-refractivity contribution in [3.05, 3.63) is 81.3 Å². The molecule has 0 fully saturated rings. The van der Waals surface area contributed by atoms with E-state index in [-0.39, 0.29) is 21.2 Å². The van der Waals surface area contributed by atoms with Gasteiger partial charge in [-0.25, -0.2) is 4.79 Å². The molecule has 2 N–H and O–H groups in total. The topological polar surface area (TPSA) is 75.6 Å². The first-order chi connectivity index (χ1) is 13.8. The smallest absolute Gasteiger partial charge is 0.335 e. The van der Waals surface area contributed by atoms with E-state index in [9.17, 15) is 9.59 Å². The molecule has 0 aliphatic rings. The molecule has 3 aromatic carbocycles. The molecule has 5 nitrogen and oxygen atoms in total. The maximum absolute atomic E-state index is 12.9. The number of rotatable bonds is 5. The quantitative estimate of drug-likeness (QED) is 0.526. The summed E-state index contributed by atoms with van der Waals surface area (Å²) in [5.74, 6) is -1.25. The van der Waals surface area contributed by atoms with Gasteiger partial charge in [-0.1, -0.05) is 65.7 Å². The summed E-state index contributed by atoms with van der Waals surface area (Å²) < 4.78 is 5.60. The number of amides is 1. The number of carboxylic acid groups (broad SMARTS) is 1. The third-order valence-corrected chi connectivity index (χ3v) is 5.01. The third kappa shape index (κ3) is 4.21. The number of aromatic carboxylic acids is 1. The molecule has 3 aromatic rings. The predicted octanol–water partition coefficient (Wildman–Crippen LogP) is 5.93. The van der Waals surface area contributed by atoms with Crippen LogP contribution >= 0.6 is 23.2 Å². The first kappa shape index (κ1) is 20.7. The molecule has 29 heavy (non-hydrogen) atoms. The van der Waals surface area contributed by atoms with Crippen molar-refractivity contribution in [2.24, 2.45) is 0 Å². The van der Waals surface area contributed by atoms with Gasteiger partial charge in [-0.3, -0.25) is 4.79 Å². The summed E-state index contributed by atoms with van der Waals surface area (Å²) >= 11 is 12.3. The van der Waals surface area contributed by atoms with Gasteiger partial charge in [0.25, 0.3) is 5.91 Å². The first-order valence-electron chi connectivity index (χ1n) is 8.60. The lowest BCUT2D eigenvalue weighted by molar-refractivity contribution is 0.0696. The van der Waals surface area contributed by atoms with Crippen molar-refractivity contribution in [2.45, 2.75) is 6.92 Å². The number of carbonyl (C=O) groups excluding carboxylic acids is 1. The summed E-state index contributed by atoms with van der Waals surface area (Å²) in [5, 5.41) is 11.8. The van der Waals surface area contributed by atoms with Gasteiger partial charge >= 0.3 is 5.97 Å². The van der Waals surface area contributed by atoms with Gasteiger partial charge in [0, 0.05) is 5.56 Å². The van der Waals surface area contributed by atoms with Gasteiger partial charge in [-0.2, -0.15) is 0 Å². The van der Waals surface area contributed by atoms with Gasteiger partial charge in [0.05, 0.1) is 34.0 Å². The summed E-state index contributed by atoms with van der Waals surface area (Å²) in [6.45, 7) is 1.84. The summed E-state index contributed by atoms with van der Waals surface area (Å²) in [6, 6.07) is 15.8. The zero-order valence-electron chi connectivity index (χ0n) is 15.6. The van der Waals surface area contributed by atoms with Crippen molar-refractivity contribution in [2.75, 3.05) is 12.4 Å². The van der Waals surface area contributed by atoms with Crippen molar-refractivity contribution in [1.82, 2.24) is 0 Å². The first-order valence-corrected chi connectivity index (χ1v) is 9.35. The van der Waals surface area contributed by atoms with Crippen LogP contribution in [0.2, 0.25) is 10.0 Å². The SMILES string of the molecule is COc1c(-c2ccccc2)ccc(C)c1NC(=O)c1c(Cl)cc(C(=O)O)cc1Cl. The van der Waals surface area contributed by atoms with Crippen LogP contribution in [0.5, 0.6) is 5.75 Å². The van der Waals surface area contributed by atoms with E-state index in [1.807, 2.05) is 49.4 Å². The van der Waals surface area contributed by atoms with E-state index >= 15 is 0 Å². The molecule has 148 valence electrons. The summed E-state index contributed by atoms with van der Waals surface area (Å²) in [4.78, 5) is 24.1. The van der Waals surface area contributed by atoms with Crippen molar-refractivity contribution >= 4 is 40.8 Å². The molecule has 0 unspecified atom stereocenters. The minimum absolute atomic E-state index is 0.00935. The fraction of sp³-hybridized carbons (Fsp3) is 0.0909. The van der Waals surface area contributed by atoms with E-state index in [2.05, 4.69) is 5.32 Å². The number of aryl methyl sites for hydroxylation is 1. The van der Waals surface area contributed by atoms with E-state index in [1.165, 1.54) is 19.2 Å². The fourth-order valence-electron chi connectivity index (χ4n) is 2.98. The highest BCUT2D eigenvalue weighted by Gasteiger charge is 2.21. The van der Waals surface area contributed by atoms with Gasteiger partial charge < -0.3 is 15.2 Å². The Hall–Kier alpha value is -3.02. The van der Waals surface area contributed by atoms with E-state index in [1.54, 1.807) is 0 Å². The highest BCUT2D eigenvalue weighted by atomic mass is 35.5. The Kier molecular flexibility index (Phi) is 6.11. The Labute approximate surface area is 177 Å². The van der Waals surface area contributed by atoms with Gasteiger partial charge in [-0.05, 0) is 30.2 Å². The normalized spacial score (nSPS) is 10.5. The molecule has 1 amide bonds. The van der Waals surface area contributed by atoms with Crippen molar-refractivity contribution in [1.29, 1.82) is 0 Å². The lowest BCUT2D eigenvalue weighted by atomic mass is 10.0. The largest absolute Gasteiger partial charge is 0.494 e. The van der Waals surface area contributed by atoms with Gasteiger partial charge in [0.15, 0.2) is 0 Å². The number of halogens is 2. The minimum atomic E-state index is -1.19. The standard InChI is InChI=1S/C22H17Cl2NO4/c1-12-8-9-15(13-6-4-3-5-7-13)20(29-2)19(12)25-21(26)18-16(23)10-14(22(27)28)11-17(18)24/h3-11H,1-2H3,(H,25,26)(H,27,28). The van der Waals surface area contributed by atoms with Crippen LogP contribution in [-0.4, -0.2) is 24.1 Å². The fourth-order valence-corrected chi connectivity index (χ4v) is 3.64. The van der Waals surface area contributed by atoms with E-state index in [4.69, 9.17) is 33.0 Å². The molecule has 0 spiro atoms. The molecule has 0 aliphatic carbocycles. The van der Waals surface area contributed by atoms with Crippen LogP contribution in [0, 0.1) is 6.92 Å². The zero-order valence-corrected chi connectivity index (χ0v) is 17.1. The highest BCUT2D eigenvalue weighted by Crippen LogP contribution is 2.39. The van der Waals surface area contributed by atoms with Crippen LogP contribution in [0.4, 0.5) is 5.69 Å². The zero-order chi connectivity index (χ0) is 21.1. The Morgan fingerprint density at radius 3 is 2.17 bits per heavy atom. The van der Waals surface area contributed by atoms with Crippen LogP contribution in [0.15, 0.2) is 54.6 Å². The lowest BCUT2D eigenvalue weighted by Gasteiger charge is -2.18. The van der Waals surface area contributed by atoms with Crippen LogP contribution in [0.25, 0.3) is 11.1 Å². The second-order valence-corrected chi connectivity index (χ2v) is 7.09. The number of anilines is 1. The number of benzene rings is 3. The van der Waals surface area contributed by atoms with Crippen molar-refractivity contribution < 1.29 is 19.4 Å². The summed E-state index contributed by atoms with van der Waals surface area (Å²) in [5.41, 5.74) is 2.90. The number of ether oxygens (including phenoxy) is 1. The Balaban J connectivity index is 2.05. The number of carboxylic acids is 1. The predicted molar refractivity (Wildman–Crippen MR) is 115 cm³/mol. The molecule has 0 heterocycles. The molecular formula is C22H17Cl2NO4. The maximum Gasteiger partial charge on any atom is 0.335 e. The molecule has 3 rings (SSSR count). The highest BCUT2D eigenvalue weighted by molar-refractivity contribution is 6.41. The van der Waals surface area contributed by atoms with Gasteiger partial charge in [-0.15, -0.1) is 0 Å². The molecule has 0 radical (unpaired) electrons. The van der Waals surface area contributed by atoms with Crippen LogP contribution in [0.1, 0.15) is 26.3 Å². The molecular weight excluding hydrogens is 413 g/mol. The van der Waals surface area contributed by atoms with Crippen LogP contribution in [-0.2, 0) is 0 Å². The number of nitrogens with one attached hydrogen (secondary N) is 1. The van der Waals surface area contributed by atoms with Crippen LogP contribution in [0.3, 0.4) is 0 Å². The van der Waals surface area contributed by atoms with E-state index in [0.29, 0.717) is 11.4 Å². The number of hydrogen-bond donors (Lipinski definition) is 2. The number of hydrogen-bond acceptors (Lipinski definition) is 3. The average Bonchev–Trinajstić information content (AvgIpc) is 2.69. The van der Waals surface area contributed by atoms with Crippen molar-refractivity contribution in [3.8, 4) is 16.9 Å². The molecule has 0 saturated heterocycles. The van der Waals surface area contributed by atoms with Crippen LogP contribution < -0.4 is 10.1 Å². The molecule has 0 bridgehead atoms. The average molecular weight is 430 g/mol. The molecule has 0 saturated carbocycles. The van der Waals surface area contributed by atoms with E-state index in [0.717, 1.165) is 16.7 Å². The molecule has 0 aliphatic heterocycles. The van der Waals surface area contributed by atoms with Gasteiger partial charge in [0.1, 0.15) is 5.75 Å². The Morgan fingerprint density at radius 2 is 1.62 bits per heavy atom. The summed E-state index contributed by atoms with van der Waals surface area (Å²) in [6.07, 6.45) is 0. The lowest BCUT2D eigenvalue weighted by Crippen LogP contribution is -2.15. The second-order valence-electron chi connectivity index (χ2n) is 6.28. The number of carbonyl (C=O) groups is 2. The third-order valence-electron chi connectivity index (χ3n) is 4.41. The molecule has 7 heteroatoms. The maximum atomic E-state index is 12.9. The monoisotopic (exact) mass is 429 g/mol.